The topological polar surface area (TPSA) is 61.4 Å². The molecule has 22 heavy (non-hydrogen) atoms. The van der Waals surface area contributed by atoms with Gasteiger partial charge in [0.2, 0.25) is 5.91 Å². The third kappa shape index (κ3) is 5.43. The third-order valence-electron chi connectivity index (χ3n) is 4.62. The van der Waals surface area contributed by atoms with Gasteiger partial charge in [0, 0.05) is 13.0 Å². The summed E-state index contributed by atoms with van der Waals surface area (Å²) in [6.07, 6.45) is 2.97. The number of benzene rings is 1. The Hall–Kier alpha value is -1.39. The Kier molecular flexibility index (Phi) is 6.87. The third-order valence-corrected chi connectivity index (χ3v) is 4.62. The van der Waals surface area contributed by atoms with Gasteiger partial charge in [-0.2, -0.15) is 0 Å². The summed E-state index contributed by atoms with van der Waals surface area (Å²) in [5.74, 6) is 1.19. The summed E-state index contributed by atoms with van der Waals surface area (Å²) in [5.41, 5.74) is 0.903. The van der Waals surface area contributed by atoms with Crippen molar-refractivity contribution in [2.24, 2.45) is 11.8 Å². The number of carbonyl (C=O) groups excluding carboxylic acids is 1. The van der Waals surface area contributed by atoms with E-state index in [1.165, 1.54) is 12.8 Å². The van der Waals surface area contributed by atoms with Gasteiger partial charge in [-0.05, 0) is 49.8 Å². The molecule has 1 amide bonds. The van der Waals surface area contributed by atoms with Crippen LogP contribution < -0.4 is 10.6 Å². The van der Waals surface area contributed by atoms with Gasteiger partial charge in [-0.25, -0.2) is 0 Å². The molecule has 4 nitrogen and oxygen atoms in total. The predicted molar refractivity (Wildman–Crippen MR) is 88.4 cm³/mol. The zero-order chi connectivity index (χ0) is 15.8. The molecule has 2 rings (SSSR count). The van der Waals surface area contributed by atoms with Crippen molar-refractivity contribution in [3.63, 3.8) is 0 Å². The fraction of sp³-hybridized carbons (Fsp3) is 0.611. The van der Waals surface area contributed by atoms with Crippen molar-refractivity contribution in [3.8, 4) is 0 Å². The molecule has 1 fully saturated rings. The number of aliphatic hydroxyl groups is 1. The quantitative estimate of drug-likeness (QED) is 0.724. The minimum atomic E-state index is -0.511. The first-order chi connectivity index (χ1) is 10.7. The number of carbonyl (C=O) groups is 1. The number of nitrogens with one attached hydrogen (secondary N) is 2. The lowest BCUT2D eigenvalue weighted by Crippen LogP contribution is -2.33. The lowest BCUT2D eigenvalue weighted by molar-refractivity contribution is -0.122. The molecule has 1 saturated heterocycles. The van der Waals surface area contributed by atoms with Crippen LogP contribution in [-0.2, 0) is 4.79 Å². The summed E-state index contributed by atoms with van der Waals surface area (Å²) in [7, 11) is 0. The van der Waals surface area contributed by atoms with E-state index in [1.54, 1.807) is 0 Å². The second-order valence-electron chi connectivity index (χ2n) is 6.33. The van der Waals surface area contributed by atoms with E-state index in [2.05, 4.69) is 17.6 Å². The lowest BCUT2D eigenvalue weighted by atomic mass is 9.84. The molecule has 4 heteroatoms. The zero-order valence-corrected chi connectivity index (χ0v) is 13.4. The number of piperidine rings is 1. The highest BCUT2D eigenvalue weighted by Crippen LogP contribution is 2.24. The largest absolute Gasteiger partial charge is 0.388 e. The Labute approximate surface area is 133 Å². The number of aliphatic hydroxyl groups excluding tert-OH is 1. The van der Waals surface area contributed by atoms with Crippen LogP contribution in [0.25, 0.3) is 0 Å². The molecular formula is C18H28N2O2. The van der Waals surface area contributed by atoms with Crippen LogP contribution in [0, 0.1) is 11.8 Å². The first-order valence-electron chi connectivity index (χ1n) is 8.37. The van der Waals surface area contributed by atoms with Gasteiger partial charge >= 0.3 is 0 Å². The van der Waals surface area contributed by atoms with E-state index >= 15 is 0 Å². The maximum atomic E-state index is 12.0. The molecule has 0 radical (unpaired) electrons. The van der Waals surface area contributed by atoms with Crippen LogP contribution in [0.1, 0.15) is 44.3 Å². The highest BCUT2D eigenvalue weighted by atomic mass is 16.3. The van der Waals surface area contributed by atoms with Gasteiger partial charge in [-0.3, -0.25) is 4.79 Å². The van der Waals surface area contributed by atoms with Crippen molar-refractivity contribution in [1.29, 1.82) is 0 Å². The Morgan fingerprint density at radius 3 is 2.68 bits per heavy atom. The molecule has 3 N–H and O–H groups in total. The van der Waals surface area contributed by atoms with Gasteiger partial charge in [0.25, 0.3) is 0 Å². The summed E-state index contributed by atoms with van der Waals surface area (Å²) in [4.78, 5) is 12.0. The Morgan fingerprint density at radius 2 is 2.00 bits per heavy atom. The minimum Gasteiger partial charge on any atom is -0.388 e. The van der Waals surface area contributed by atoms with Crippen LogP contribution >= 0.6 is 0 Å². The van der Waals surface area contributed by atoms with E-state index in [4.69, 9.17) is 0 Å². The molecule has 1 aromatic rings. The Bertz CT molecular complexity index is 444. The highest BCUT2D eigenvalue weighted by molar-refractivity contribution is 5.76. The first kappa shape index (κ1) is 17.0. The van der Waals surface area contributed by atoms with Gasteiger partial charge in [0.1, 0.15) is 0 Å². The summed E-state index contributed by atoms with van der Waals surface area (Å²) in [5, 5.41) is 16.4. The molecule has 0 aliphatic carbocycles. The maximum absolute atomic E-state index is 12.0. The van der Waals surface area contributed by atoms with Crippen LogP contribution in [0.4, 0.5) is 0 Å². The van der Waals surface area contributed by atoms with Crippen molar-refractivity contribution < 1.29 is 9.90 Å². The smallest absolute Gasteiger partial charge is 0.220 e. The number of hydrogen-bond acceptors (Lipinski definition) is 3. The van der Waals surface area contributed by atoms with Crippen molar-refractivity contribution in [3.05, 3.63) is 35.9 Å². The molecule has 122 valence electrons. The van der Waals surface area contributed by atoms with Crippen molar-refractivity contribution in [2.45, 2.75) is 38.7 Å². The summed E-state index contributed by atoms with van der Waals surface area (Å²) in [6.45, 7) is 4.84. The zero-order valence-electron chi connectivity index (χ0n) is 13.4. The van der Waals surface area contributed by atoms with E-state index in [-0.39, 0.29) is 5.91 Å². The first-order valence-corrected chi connectivity index (χ1v) is 8.37. The van der Waals surface area contributed by atoms with Crippen LogP contribution in [0.5, 0.6) is 0 Å². The molecule has 0 aromatic heterocycles. The number of rotatable bonds is 7. The summed E-state index contributed by atoms with van der Waals surface area (Å²) in [6, 6.07) is 9.58. The van der Waals surface area contributed by atoms with Crippen molar-refractivity contribution in [1.82, 2.24) is 10.6 Å². The fourth-order valence-electron chi connectivity index (χ4n) is 3.13. The van der Waals surface area contributed by atoms with Crippen LogP contribution in [-0.4, -0.2) is 30.6 Å². The lowest BCUT2D eigenvalue weighted by Gasteiger charge is -2.27. The summed E-state index contributed by atoms with van der Waals surface area (Å²) < 4.78 is 0. The standard InChI is InChI=1S/C18H28N2O2/c1-14(15-7-10-19-11-8-15)13-18(22)20-12-9-17(21)16-5-3-2-4-6-16/h2-6,14-15,17,19,21H,7-13H2,1H3,(H,20,22). The van der Waals surface area contributed by atoms with E-state index in [0.717, 1.165) is 18.7 Å². The SMILES string of the molecule is CC(CC(=O)NCCC(O)c1ccccc1)C1CCNCC1. The molecule has 0 spiro atoms. The second-order valence-corrected chi connectivity index (χ2v) is 6.33. The van der Waals surface area contributed by atoms with Gasteiger partial charge in [0.15, 0.2) is 0 Å². The van der Waals surface area contributed by atoms with E-state index in [9.17, 15) is 9.90 Å². The minimum absolute atomic E-state index is 0.103. The molecule has 1 heterocycles. The van der Waals surface area contributed by atoms with Crippen LogP contribution in [0.2, 0.25) is 0 Å². The van der Waals surface area contributed by atoms with E-state index in [1.807, 2.05) is 30.3 Å². The molecule has 0 bridgehead atoms. The van der Waals surface area contributed by atoms with Gasteiger partial charge < -0.3 is 15.7 Å². The highest BCUT2D eigenvalue weighted by Gasteiger charge is 2.21. The molecule has 2 unspecified atom stereocenters. The average Bonchev–Trinajstić information content (AvgIpc) is 2.56. The monoisotopic (exact) mass is 304 g/mol. The van der Waals surface area contributed by atoms with Crippen molar-refractivity contribution in [2.75, 3.05) is 19.6 Å². The number of hydrogen-bond donors (Lipinski definition) is 3. The van der Waals surface area contributed by atoms with Crippen LogP contribution in [0.15, 0.2) is 30.3 Å². The van der Waals surface area contributed by atoms with Gasteiger partial charge in [-0.15, -0.1) is 0 Å². The molecule has 1 aliphatic rings. The van der Waals surface area contributed by atoms with Crippen molar-refractivity contribution >= 4 is 5.91 Å². The molecule has 1 aromatic carbocycles. The van der Waals surface area contributed by atoms with E-state index < -0.39 is 6.10 Å². The average molecular weight is 304 g/mol. The molecule has 0 saturated carbocycles. The number of amides is 1. The van der Waals surface area contributed by atoms with Crippen LogP contribution in [0.3, 0.4) is 0 Å². The van der Waals surface area contributed by atoms with E-state index in [0.29, 0.717) is 31.2 Å². The fourth-order valence-corrected chi connectivity index (χ4v) is 3.13. The Morgan fingerprint density at radius 1 is 1.32 bits per heavy atom. The second kappa shape index (κ2) is 8.91. The van der Waals surface area contributed by atoms with Gasteiger partial charge in [-0.1, -0.05) is 37.3 Å². The Balaban J connectivity index is 1.65. The summed E-state index contributed by atoms with van der Waals surface area (Å²) >= 11 is 0. The van der Waals surface area contributed by atoms with Gasteiger partial charge in [0.05, 0.1) is 6.10 Å². The molecule has 2 atom stereocenters. The molecular weight excluding hydrogens is 276 g/mol. The predicted octanol–water partition coefficient (Wildman–Crippen LogP) is 2.25. The molecule has 1 aliphatic heterocycles. The normalized spacial score (nSPS) is 18.6. The maximum Gasteiger partial charge on any atom is 0.220 e.